The summed E-state index contributed by atoms with van der Waals surface area (Å²) in [5, 5.41) is 5.17. The van der Waals surface area contributed by atoms with Crippen LogP contribution in [0.4, 0.5) is 10.5 Å². The van der Waals surface area contributed by atoms with Gasteiger partial charge in [-0.3, -0.25) is 19.4 Å². The summed E-state index contributed by atoms with van der Waals surface area (Å²) >= 11 is 0. The number of benzene rings is 2. The van der Waals surface area contributed by atoms with Crippen LogP contribution in [-0.2, 0) is 14.8 Å². The maximum Gasteiger partial charge on any atom is 0.332 e. The number of hydrogen-bond acceptors (Lipinski definition) is 5. The van der Waals surface area contributed by atoms with Gasteiger partial charge in [-0.1, -0.05) is 17.7 Å². The molecule has 35 heavy (non-hydrogen) atoms. The Hall–Kier alpha value is -3.76. The zero-order valence-electron chi connectivity index (χ0n) is 19.8. The summed E-state index contributed by atoms with van der Waals surface area (Å²) in [7, 11) is -3.82. The Kier molecular flexibility index (Phi) is 6.12. The van der Waals surface area contributed by atoms with E-state index in [1.807, 2.05) is 26.0 Å². The first-order valence-electron chi connectivity index (χ1n) is 11.0. The third-order valence-corrected chi connectivity index (χ3v) is 7.15. The summed E-state index contributed by atoms with van der Waals surface area (Å²) in [6, 6.07) is 13.7. The Bertz CT molecular complexity index is 1440. The van der Waals surface area contributed by atoms with Gasteiger partial charge in [-0.25, -0.2) is 18.4 Å². The number of rotatable bonds is 6. The minimum atomic E-state index is -3.82. The molecule has 9 nitrogen and oxygen atoms in total. The highest BCUT2D eigenvalue weighted by molar-refractivity contribution is 7.89. The van der Waals surface area contributed by atoms with Gasteiger partial charge in [0.15, 0.2) is 5.78 Å². The number of nitrogens with two attached hydrogens (primary N) is 1. The molecule has 0 bridgehead atoms. The van der Waals surface area contributed by atoms with E-state index in [0.717, 1.165) is 16.2 Å². The Morgan fingerprint density at radius 3 is 2.09 bits per heavy atom. The van der Waals surface area contributed by atoms with Crippen molar-refractivity contribution in [3.8, 4) is 5.69 Å². The third-order valence-electron chi connectivity index (χ3n) is 6.22. The predicted octanol–water partition coefficient (Wildman–Crippen LogP) is 3.09. The molecule has 182 valence electrons. The maximum atomic E-state index is 13.2. The largest absolute Gasteiger partial charge is 0.332 e. The first-order valence-corrected chi connectivity index (χ1v) is 12.5. The molecule has 0 unspecified atom stereocenters. The number of aryl methyl sites for hydroxylation is 2. The van der Waals surface area contributed by atoms with Crippen LogP contribution >= 0.6 is 0 Å². The van der Waals surface area contributed by atoms with E-state index in [-0.39, 0.29) is 17.2 Å². The maximum absolute atomic E-state index is 13.2. The minimum absolute atomic E-state index is 0.0154. The first-order chi connectivity index (χ1) is 16.4. The van der Waals surface area contributed by atoms with Crippen LogP contribution in [0.15, 0.2) is 59.5 Å². The van der Waals surface area contributed by atoms with Gasteiger partial charge in [-0.15, -0.1) is 0 Å². The van der Waals surface area contributed by atoms with E-state index in [9.17, 15) is 22.8 Å². The zero-order valence-corrected chi connectivity index (χ0v) is 20.7. The highest BCUT2D eigenvalue weighted by Gasteiger charge is 2.44. The van der Waals surface area contributed by atoms with Gasteiger partial charge >= 0.3 is 6.03 Å². The van der Waals surface area contributed by atoms with E-state index >= 15 is 0 Å². The summed E-state index contributed by atoms with van der Waals surface area (Å²) in [6.45, 7) is 6.76. The second-order valence-electron chi connectivity index (χ2n) is 8.67. The fraction of sp³-hybridized carbons (Fsp3) is 0.240. The third kappa shape index (κ3) is 4.38. The van der Waals surface area contributed by atoms with Gasteiger partial charge in [-0.05, 0) is 70.2 Å². The number of sulfonamides is 1. The lowest BCUT2D eigenvalue weighted by molar-refractivity contribution is -0.126. The van der Waals surface area contributed by atoms with E-state index in [0.29, 0.717) is 22.6 Å². The van der Waals surface area contributed by atoms with Crippen molar-refractivity contribution in [2.75, 3.05) is 11.4 Å². The molecular weight excluding hydrogens is 468 g/mol. The second-order valence-corrected chi connectivity index (χ2v) is 10.2. The first kappa shape index (κ1) is 24.4. The Morgan fingerprint density at radius 1 is 0.943 bits per heavy atom. The molecule has 1 aromatic heterocycles. The SMILES string of the molecule is Cc1ccc(N2C(=O)N(CC(=O)c3cc(C)n(-c4ccc(S(N)(=O)=O)cc4)c3C)C(=O)[C@H]2C)cc1. The van der Waals surface area contributed by atoms with Crippen LogP contribution in [0, 0.1) is 20.8 Å². The molecule has 3 aromatic rings. The summed E-state index contributed by atoms with van der Waals surface area (Å²) in [6.07, 6.45) is 0. The Labute approximate surface area is 203 Å². The van der Waals surface area contributed by atoms with Crippen LogP contribution in [0.25, 0.3) is 5.69 Å². The number of nitrogens with zero attached hydrogens (tertiary/aromatic N) is 3. The minimum Gasteiger partial charge on any atom is -0.318 e. The van der Waals surface area contributed by atoms with Crippen LogP contribution < -0.4 is 10.0 Å². The lowest BCUT2D eigenvalue weighted by atomic mass is 10.1. The molecule has 10 heteroatoms. The van der Waals surface area contributed by atoms with Gasteiger partial charge in [0, 0.05) is 28.3 Å². The molecular formula is C25H26N4O5S. The molecule has 0 spiro atoms. The van der Waals surface area contributed by atoms with E-state index in [1.165, 1.54) is 17.0 Å². The van der Waals surface area contributed by atoms with Gasteiger partial charge < -0.3 is 4.57 Å². The van der Waals surface area contributed by atoms with Crippen LogP contribution in [0.2, 0.25) is 0 Å². The van der Waals surface area contributed by atoms with Crippen molar-refractivity contribution in [2.45, 2.75) is 38.6 Å². The molecule has 2 aromatic carbocycles. The Balaban J connectivity index is 1.59. The topological polar surface area (TPSA) is 123 Å². The molecule has 1 fully saturated rings. The molecule has 4 rings (SSSR count). The number of anilines is 1. The molecule has 1 aliphatic rings. The van der Waals surface area contributed by atoms with E-state index < -0.39 is 28.0 Å². The molecule has 1 aliphatic heterocycles. The number of ketones is 1. The number of Topliss-reactive ketones (excluding diaryl/α,β-unsaturated/α-hetero) is 1. The second kappa shape index (κ2) is 8.79. The summed E-state index contributed by atoms with van der Waals surface area (Å²) in [4.78, 5) is 41.5. The lowest BCUT2D eigenvalue weighted by Gasteiger charge is -2.19. The molecule has 1 saturated heterocycles. The number of imide groups is 1. The number of carbonyl (C=O) groups excluding carboxylic acids is 3. The van der Waals surface area contributed by atoms with Crippen LogP contribution in [0.1, 0.15) is 34.2 Å². The number of hydrogen-bond donors (Lipinski definition) is 1. The van der Waals surface area contributed by atoms with Crippen molar-refractivity contribution in [3.05, 3.63) is 77.1 Å². The smallest absolute Gasteiger partial charge is 0.318 e. The van der Waals surface area contributed by atoms with Crippen molar-refractivity contribution < 1.29 is 22.8 Å². The van der Waals surface area contributed by atoms with Crippen molar-refractivity contribution in [1.82, 2.24) is 9.47 Å². The normalized spacial score (nSPS) is 16.3. The lowest BCUT2D eigenvalue weighted by Crippen LogP contribution is -2.37. The molecule has 2 N–H and O–H groups in total. The number of aromatic nitrogens is 1. The highest BCUT2D eigenvalue weighted by atomic mass is 32.2. The number of carbonyl (C=O) groups is 3. The molecule has 3 amide bonds. The van der Waals surface area contributed by atoms with E-state index in [2.05, 4.69) is 0 Å². The van der Waals surface area contributed by atoms with Crippen LogP contribution in [-0.4, -0.2) is 48.2 Å². The van der Waals surface area contributed by atoms with E-state index in [1.54, 1.807) is 48.7 Å². The number of amides is 3. The Morgan fingerprint density at radius 2 is 1.51 bits per heavy atom. The van der Waals surface area contributed by atoms with E-state index in [4.69, 9.17) is 5.14 Å². The van der Waals surface area contributed by atoms with Crippen molar-refractivity contribution in [1.29, 1.82) is 0 Å². The van der Waals surface area contributed by atoms with Gasteiger partial charge in [-0.2, -0.15) is 0 Å². The standard InChI is InChI=1S/C25H26N4O5S/c1-15-5-7-20(8-6-15)29-18(4)24(31)27(25(29)32)14-23(30)22-13-16(2)28(17(22)3)19-9-11-21(12-10-19)35(26,33)34/h5-13,18H,14H2,1-4H3,(H2,26,33,34)/t18-/m1/s1. The predicted molar refractivity (Wildman–Crippen MR) is 131 cm³/mol. The van der Waals surface area contributed by atoms with Gasteiger partial charge in [0.25, 0.3) is 5.91 Å². The van der Waals surface area contributed by atoms with Gasteiger partial charge in [0.2, 0.25) is 10.0 Å². The van der Waals surface area contributed by atoms with Crippen molar-refractivity contribution in [2.24, 2.45) is 5.14 Å². The van der Waals surface area contributed by atoms with Gasteiger partial charge in [0.05, 0.1) is 11.4 Å². The van der Waals surface area contributed by atoms with Crippen molar-refractivity contribution >= 4 is 33.4 Å². The number of primary sulfonamides is 1. The highest BCUT2D eigenvalue weighted by Crippen LogP contribution is 2.27. The van der Waals surface area contributed by atoms with Crippen molar-refractivity contribution in [3.63, 3.8) is 0 Å². The summed E-state index contributed by atoms with van der Waals surface area (Å²) < 4.78 is 24.9. The molecule has 1 atom stereocenters. The molecule has 0 saturated carbocycles. The van der Waals surface area contributed by atoms with Gasteiger partial charge in [0.1, 0.15) is 6.04 Å². The molecule has 2 heterocycles. The average Bonchev–Trinajstić information content (AvgIpc) is 3.21. The summed E-state index contributed by atoms with van der Waals surface area (Å²) in [5.41, 5.74) is 4.00. The number of urea groups is 1. The van der Waals surface area contributed by atoms with Crippen LogP contribution in [0.5, 0.6) is 0 Å². The molecule has 0 aliphatic carbocycles. The van der Waals surface area contributed by atoms with Crippen LogP contribution in [0.3, 0.4) is 0 Å². The molecule has 0 radical (unpaired) electrons. The summed E-state index contributed by atoms with van der Waals surface area (Å²) in [5.74, 6) is -0.804. The fourth-order valence-electron chi connectivity index (χ4n) is 4.37. The average molecular weight is 495 g/mol. The quantitative estimate of drug-likeness (QED) is 0.417. The fourth-order valence-corrected chi connectivity index (χ4v) is 4.88. The monoisotopic (exact) mass is 494 g/mol. The zero-order chi connectivity index (χ0) is 25.7.